The van der Waals surface area contributed by atoms with Gasteiger partial charge in [-0.25, -0.2) is 0 Å². The van der Waals surface area contributed by atoms with E-state index < -0.39 is 15.6 Å². The Morgan fingerprint density at radius 3 is 0.471 bits per heavy atom. The first-order valence-corrected chi connectivity index (χ1v) is 12.0. The molecule has 0 heterocycles. The quantitative estimate of drug-likeness (QED) is 0.183. The maximum absolute atomic E-state index is 10.7. The van der Waals surface area contributed by atoms with Crippen LogP contribution in [0.5, 0.6) is 0 Å². The molecule has 205 valence electrons. The van der Waals surface area contributed by atoms with Gasteiger partial charge in [-0.2, -0.15) is 15.8 Å². The fourth-order valence-corrected chi connectivity index (χ4v) is 1.41. The van der Waals surface area contributed by atoms with Gasteiger partial charge in [0.2, 0.25) is 0 Å². The zero-order valence-electron chi connectivity index (χ0n) is 19.1. The minimum absolute atomic E-state index is 0. The molecule has 1 fully saturated rings. The Morgan fingerprint density at radius 1 is 0.412 bits per heavy atom. The summed E-state index contributed by atoms with van der Waals surface area (Å²) in [6.07, 6.45) is 0. The van der Waals surface area contributed by atoms with Crippen LogP contribution in [-0.2, 0) is 20.1 Å². The summed E-state index contributed by atoms with van der Waals surface area (Å²) in [5.74, 6) is 7.34. The van der Waals surface area contributed by atoms with E-state index in [1.807, 2.05) is 0 Å². The molecular weight excluding hydrogens is 716 g/mol. The number of hydrogen-bond donors (Lipinski definition) is 0. The van der Waals surface area contributed by atoms with Crippen molar-refractivity contribution in [2.75, 3.05) is 0 Å². The molecule has 1 rings (SSSR count). The van der Waals surface area contributed by atoms with Crippen molar-refractivity contribution in [1.29, 1.82) is 15.8 Å². The van der Waals surface area contributed by atoms with E-state index in [0.717, 1.165) is 0 Å². The first kappa shape index (κ1) is 46.5. The van der Waals surface area contributed by atoms with Crippen LogP contribution in [0.15, 0.2) is 0 Å². The minimum Gasteiger partial charge on any atom is 3.00 e. The zero-order chi connectivity index (χ0) is 28.8. The van der Waals surface area contributed by atoms with E-state index in [1.54, 1.807) is 18.2 Å². The zero-order valence-corrected chi connectivity index (χ0v) is 23.3. The van der Waals surface area contributed by atoms with Crippen molar-refractivity contribution in [3.05, 3.63) is 29.6 Å². The van der Waals surface area contributed by atoms with Crippen molar-refractivity contribution in [1.82, 2.24) is 0 Å². The minimum atomic E-state index is -10.7. The van der Waals surface area contributed by atoms with Crippen LogP contribution in [0.4, 0.5) is 50.4 Å². The molecule has 0 aliphatic heterocycles. The molecule has 34 heavy (non-hydrogen) atoms. The van der Waals surface area contributed by atoms with Crippen LogP contribution < -0.4 is 0 Å². The summed E-state index contributed by atoms with van der Waals surface area (Å²) in [6, 6.07) is 5.25. The fraction of sp³-hybridized carbons (Fsp3) is 0.500. The van der Waals surface area contributed by atoms with Crippen LogP contribution in [0, 0.1) is 63.6 Å². The van der Waals surface area contributed by atoms with Gasteiger partial charge in [-0.05, 0) is 29.6 Å². The third-order valence-corrected chi connectivity index (χ3v) is 2.81. The molecular formula is C16H24F12IrN3P2+. The van der Waals surface area contributed by atoms with Gasteiger partial charge in [0, 0.05) is 20.8 Å². The second-order valence-electron chi connectivity index (χ2n) is 5.71. The smallest absolute Gasteiger partial charge is 3.00 e. The molecule has 1 saturated carbocycles. The summed E-state index contributed by atoms with van der Waals surface area (Å²) in [6.45, 7) is 15.3. The first-order chi connectivity index (χ1) is 13.7. The van der Waals surface area contributed by atoms with Crippen molar-refractivity contribution >= 4 is 15.6 Å². The molecule has 0 atom stereocenters. The molecule has 1 aliphatic carbocycles. The van der Waals surface area contributed by atoms with E-state index in [1.165, 1.54) is 50.4 Å². The SMILES string of the molecule is CC#N.CC#N.CC#N.C[C]1[C](C)[C](C)[C](C)[C]1C.F[P-](F)(F)(F)(F)F.F[P-](F)(F)(F)(F)F.[Ir+3]. The Morgan fingerprint density at radius 2 is 0.441 bits per heavy atom. The van der Waals surface area contributed by atoms with E-state index in [2.05, 4.69) is 34.6 Å². The summed E-state index contributed by atoms with van der Waals surface area (Å²) in [5, 5.41) is 22.0. The second kappa shape index (κ2) is 14.0. The Balaban J connectivity index is -0.0000000738. The Labute approximate surface area is 205 Å². The van der Waals surface area contributed by atoms with Gasteiger partial charge in [0.25, 0.3) is 0 Å². The van der Waals surface area contributed by atoms with Gasteiger partial charge < -0.3 is 0 Å². The van der Waals surface area contributed by atoms with Gasteiger partial charge in [0.15, 0.2) is 0 Å². The number of hydrogen-bond acceptors (Lipinski definition) is 3. The Bertz CT molecular complexity index is 563. The molecule has 3 nitrogen and oxygen atoms in total. The Hall–Kier alpha value is -0.861. The van der Waals surface area contributed by atoms with Crippen LogP contribution in [0.25, 0.3) is 0 Å². The summed E-state index contributed by atoms with van der Waals surface area (Å²) in [4.78, 5) is 0. The van der Waals surface area contributed by atoms with E-state index in [4.69, 9.17) is 15.8 Å². The molecule has 0 saturated heterocycles. The average molecular weight is 741 g/mol. The molecule has 18 heteroatoms. The first-order valence-electron chi connectivity index (χ1n) is 7.95. The molecule has 0 aromatic heterocycles. The molecule has 5 radical (unpaired) electrons. The van der Waals surface area contributed by atoms with Gasteiger partial charge in [-0.3, -0.25) is 0 Å². The van der Waals surface area contributed by atoms with E-state index in [9.17, 15) is 50.4 Å². The van der Waals surface area contributed by atoms with Crippen LogP contribution in [-0.4, -0.2) is 0 Å². The predicted molar refractivity (Wildman–Crippen MR) is 106 cm³/mol. The molecule has 0 aromatic rings. The third kappa shape index (κ3) is 77.2. The standard InChI is InChI=1S/C10H15.3C2H3N.2F6P.Ir/c1-6-7(2)9(4)10(5)8(6)3;3*1-2-3;2*1-7(2,3,4,5)6;/h1-5H3;3*1H3;;;/q;;;;2*-1;+3. The molecule has 0 aromatic carbocycles. The molecule has 0 unspecified atom stereocenters. The summed E-state index contributed by atoms with van der Waals surface area (Å²) in [7, 11) is -21.3. The van der Waals surface area contributed by atoms with E-state index >= 15 is 0 Å². The van der Waals surface area contributed by atoms with Crippen LogP contribution in [0.3, 0.4) is 0 Å². The summed E-state index contributed by atoms with van der Waals surface area (Å²) in [5.41, 5.74) is 0. The maximum Gasteiger partial charge on any atom is 3.00 e. The second-order valence-corrected chi connectivity index (χ2v) is 9.55. The number of nitriles is 3. The number of rotatable bonds is 0. The monoisotopic (exact) mass is 741 g/mol. The fourth-order valence-electron chi connectivity index (χ4n) is 1.41. The van der Waals surface area contributed by atoms with Crippen molar-refractivity contribution in [2.45, 2.75) is 55.4 Å². The van der Waals surface area contributed by atoms with Gasteiger partial charge in [-0.1, -0.05) is 34.6 Å². The van der Waals surface area contributed by atoms with Gasteiger partial charge in [0.1, 0.15) is 0 Å². The number of nitrogens with zero attached hydrogens (tertiary/aromatic N) is 3. The third-order valence-electron chi connectivity index (χ3n) is 2.81. The topological polar surface area (TPSA) is 71.4 Å². The van der Waals surface area contributed by atoms with E-state index in [0.29, 0.717) is 0 Å². The molecule has 0 spiro atoms. The predicted octanol–water partition coefficient (Wildman–Crippen LogP) is 11.3. The average Bonchev–Trinajstić information content (AvgIpc) is 2.61. The maximum atomic E-state index is 9.87. The molecule has 1 aliphatic rings. The van der Waals surface area contributed by atoms with Crippen molar-refractivity contribution in [3.8, 4) is 18.2 Å². The Kier molecular flexibility index (Phi) is 19.2. The van der Waals surface area contributed by atoms with Crippen LogP contribution in [0.1, 0.15) is 55.4 Å². The largest absolute Gasteiger partial charge is 3.00 e. The van der Waals surface area contributed by atoms with Crippen LogP contribution in [0.2, 0.25) is 0 Å². The van der Waals surface area contributed by atoms with Crippen molar-refractivity contribution < 1.29 is 70.5 Å². The molecule has 0 amide bonds. The van der Waals surface area contributed by atoms with Crippen molar-refractivity contribution in [3.63, 3.8) is 0 Å². The normalized spacial score (nSPS) is 18.6. The number of halogens is 12. The molecule has 0 bridgehead atoms. The molecule has 0 N–H and O–H groups in total. The summed E-state index contributed by atoms with van der Waals surface area (Å²) < 4.78 is 118. The van der Waals surface area contributed by atoms with E-state index in [-0.39, 0.29) is 20.1 Å². The van der Waals surface area contributed by atoms with Gasteiger partial charge in [-0.15, -0.1) is 0 Å². The van der Waals surface area contributed by atoms with Crippen molar-refractivity contribution in [2.24, 2.45) is 0 Å². The van der Waals surface area contributed by atoms with Crippen LogP contribution >= 0.6 is 15.6 Å². The van der Waals surface area contributed by atoms with Gasteiger partial charge in [0.05, 0.1) is 18.2 Å². The summed E-state index contributed by atoms with van der Waals surface area (Å²) >= 11 is 0. The van der Waals surface area contributed by atoms with Gasteiger partial charge >= 0.3 is 86.1 Å².